The summed E-state index contributed by atoms with van der Waals surface area (Å²) < 4.78 is 48.7. The fourth-order valence-corrected chi connectivity index (χ4v) is 2.22. The van der Waals surface area contributed by atoms with E-state index in [4.69, 9.17) is 8.94 Å². The van der Waals surface area contributed by atoms with Crippen molar-refractivity contribution < 1.29 is 26.9 Å². The SMILES string of the molecule is Cc1cc(CNC(=O)c2ccc(-c3cccc(C(F)(F)F)c3)o2)on1. The molecule has 3 aromatic rings. The molecular weight excluding hydrogens is 337 g/mol. The van der Waals surface area contributed by atoms with Crippen molar-refractivity contribution in [2.24, 2.45) is 0 Å². The average Bonchev–Trinajstić information content (AvgIpc) is 3.21. The van der Waals surface area contributed by atoms with Crippen LogP contribution in [-0.2, 0) is 12.7 Å². The Morgan fingerprint density at radius 1 is 1.20 bits per heavy atom. The van der Waals surface area contributed by atoms with E-state index < -0.39 is 17.6 Å². The topological polar surface area (TPSA) is 68.3 Å². The van der Waals surface area contributed by atoms with Crippen LogP contribution in [0.3, 0.4) is 0 Å². The number of rotatable bonds is 4. The summed E-state index contributed by atoms with van der Waals surface area (Å²) in [5.41, 5.74) is 0.141. The number of alkyl halides is 3. The first-order valence-corrected chi connectivity index (χ1v) is 7.31. The Balaban J connectivity index is 1.72. The number of hydrogen-bond acceptors (Lipinski definition) is 4. The van der Waals surface area contributed by atoms with Gasteiger partial charge in [0.2, 0.25) is 0 Å². The molecule has 0 aliphatic rings. The van der Waals surface area contributed by atoms with Gasteiger partial charge in [0.1, 0.15) is 5.76 Å². The third-order valence-corrected chi connectivity index (χ3v) is 3.40. The highest BCUT2D eigenvalue weighted by Gasteiger charge is 2.30. The van der Waals surface area contributed by atoms with E-state index in [-0.39, 0.29) is 23.6 Å². The molecule has 130 valence electrons. The Labute approximate surface area is 140 Å². The minimum absolute atomic E-state index is 0.0105. The summed E-state index contributed by atoms with van der Waals surface area (Å²) >= 11 is 0. The lowest BCUT2D eigenvalue weighted by molar-refractivity contribution is -0.137. The first kappa shape index (κ1) is 16.8. The largest absolute Gasteiger partial charge is 0.451 e. The minimum atomic E-state index is -4.45. The molecular formula is C17H13F3N2O3. The Hall–Kier alpha value is -3.03. The predicted molar refractivity (Wildman–Crippen MR) is 81.6 cm³/mol. The van der Waals surface area contributed by atoms with Crippen LogP contribution in [0.25, 0.3) is 11.3 Å². The number of amides is 1. The van der Waals surface area contributed by atoms with Gasteiger partial charge < -0.3 is 14.3 Å². The van der Waals surface area contributed by atoms with Crippen LogP contribution in [0.1, 0.15) is 27.6 Å². The highest BCUT2D eigenvalue weighted by Crippen LogP contribution is 2.32. The second kappa shape index (κ2) is 6.46. The van der Waals surface area contributed by atoms with Crippen molar-refractivity contribution in [2.75, 3.05) is 0 Å². The van der Waals surface area contributed by atoms with Crippen LogP contribution in [0.5, 0.6) is 0 Å². The fourth-order valence-electron chi connectivity index (χ4n) is 2.22. The zero-order chi connectivity index (χ0) is 18.0. The van der Waals surface area contributed by atoms with Gasteiger partial charge in [-0.15, -0.1) is 0 Å². The van der Waals surface area contributed by atoms with Crippen LogP contribution in [0.4, 0.5) is 13.2 Å². The Kier molecular flexibility index (Phi) is 4.35. The molecule has 0 aliphatic heterocycles. The molecule has 5 nitrogen and oxygen atoms in total. The van der Waals surface area contributed by atoms with Crippen molar-refractivity contribution in [3.8, 4) is 11.3 Å². The normalized spacial score (nSPS) is 11.5. The lowest BCUT2D eigenvalue weighted by Crippen LogP contribution is -2.21. The molecule has 0 unspecified atom stereocenters. The number of nitrogens with zero attached hydrogens (tertiary/aromatic N) is 1. The molecule has 0 saturated carbocycles. The van der Waals surface area contributed by atoms with Crippen molar-refractivity contribution in [3.63, 3.8) is 0 Å². The Morgan fingerprint density at radius 2 is 2.00 bits per heavy atom. The predicted octanol–water partition coefficient (Wildman–Crippen LogP) is 4.19. The first-order valence-electron chi connectivity index (χ1n) is 7.31. The maximum Gasteiger partial charge on any atom is 0.416 e. The number of benzene rings is 1. The second-order valence-electron chi connectivity index (χ2n) is 5.36. The molecule has 2 heterocycles. The van der Waals surface area contributed by atoms with Crippen molar-refractivity contribution in [3.05, 3.63) is 65.2 Å². The summed E-state index contributed by atoms with van der Waals surface area (Å²) in [5, 5.41) is 6.28. The summed E-state index contributed by atoms with van der Waals surface area (Å²) in [7, 11) is 0. The van der Waals surface area contributed by atoms with E-state index in [0.29, 0.717) is 11.5 Å². The van der Waals surface area contributed by atoms with Crippen molar-refractivity contribution in [2.45, 2.75) is 19.6 Å². The first-order chi connectivity index (χ1) is 11.8. The maximum absolute atomic E-state index is 12.8. The van der Waals surface area contributed by atoms with Crippen molar-refractivity contribution in [1.29, 1.82) is 0 Å². The van der Waals surface area contributed by atoms with Gasteiger partial charge in [-0.2, -0.15) is 13.2 Å². The van der Waals surface area contributed by atoms with Gasteiger partial charge >= 0.3 is 6.18 Å². The maximum atomic E-state index is 12.8. The van der Waals surface area contributed by atoms with Gasteiger partial charge in [-0.05, 0) is 31.2 Å². The summed E-state index contributed by atoms with van der Waals surface area (Å²) in [6, 6.07) is 9.23. The number of nitrogens with one attached hydrogen (secondary N) is 1. The van der Waals surface area contributed by atoms with E-state index in [2.05, 4.69) is 10.5 Å². The van der Waals surface area contributed by atoms with Gasteiger partial charge in [0.15, 0.2) is 11.5 Å². The van der Waals surface area contributed by atoms with Crippen LogP contribution in [0, 0.1) is 6.92 Å². The van der Waals surface area contributed by atoms with E-state index in [1.54, 1.807) is 13.0 Å². The molecule has 3 rings (SSSR count). The smallest absolute Gasteiger partial charge is 0.416 e. The van der Waals surface area contributed by atoms with E-state index >= 15 is 0 Å². The highest BCUT2D eigenvalue weighted by atomic mass is 19.4. The number of aryl methyl sites for hydroxylation is 1. The third kappa shape index (κ3) is 3.90. The van der Waals surface area contributed by atoms with Crippen molar-refractivity contribution in [1.82, 2.24) is 10.5 Å². The molecule has 1 aromatic carbocycles. The van der Waals surface area contributed by atoms with Crippen LogP contribution >= 0.6 is 0 Å². The second-order valence-corrected chi connectivity index (χ2v) is 5.36. The molecule has 0 bridgehead atoms. The Bertz CT molecular complexity index is 896. The standard InChI is InChI=1S/C17H13F3N2O3/c1-10-7-13(25-22-10)9-21-16(23)15-6-5-14(24-15)11-3-2-4-12(8-11)17(18,19)20/h2-8H,9H2,1H3,(H,21,23). The number of furan rings is 1. The zero-order valence-corrected chi connectivity index (χ0v) is 13.1. The number of carbonyl (C=O) groups excluding carboxylic acids is 1. The number of carbonyl (C=O) groups is 1. The quantitative estimate of drug-likeness (QED) is 0.766. The number of aromatic nitrogens is 1. The highest BCUT2D eigenvalue weighted by molar-refractivity contribution is 5.92. The van der Waals surface area contributed by atoms with Gasteiger partial charge in [0.25, 0.3) is 5.91 Å². The molecule has 8 heteroatoms. The number of hydrogen-bond donors (Lipinski definition) is 1. The van der Waals surface area contributed by atoms with E-state index in [0.717, 1.165) is 12.1 Å². The van der Waals surface area contributed by atoms with Crippen molar-refractivity contribution >= 4 is 5.91 Å². The van der Waals surface area contributed by atoms with Gasteiger partial charge in [0.05, 0.1) is 17.8 Å². The summed E-state index contributed by atoms with van der Waals surface area (Å²) in [6.07, 6.45) is -4.45. The molecule has 0 atom stereocenters. The molecule has 0 spiro atoms. The molecule has 2 aromatic heterocycles. The lowest BCUT2D eigenvalue weighted by atomic mass is 10.1. The molecule has 1 amide bonds. The molecule has 0 aliphatic carbocycles. The van der Waals surface area contributed by atoms with E-state index in [1.807, 2.05) is 0 Å². The van der Waals surface area contributed by atoms with Gasteiger partial charge in [-0.3, -0.25) is 4.79 Å². The van der Waals surface area contributed by atoms with Gasteiger partial charge in [-0.25, -0.2) is 0 Å². The van der Waals surface area contributed by atoms with Crippen LogP contribution in [0.2, 0.25) is 0 Å². The average molecular weight is 350 g/mol. The minimum Gasteiger partial charge on any atom is -0.451 e. The van der Waals surface area contributed by atoms with Crippen LogP contribution in [-0.4, -0.2) is 11.1 Å². The van der Waals surface area contributed by atoms with E-state index in [1.165, 1.54) is 24.3 Å². The molecule has 1 N–H and O–H groups in total. The molecule has 0 saturated heterocycles. The summed E-state index contributed by atoms with van der Waals surface area (Å²) in [5.74, 6) is 0.137. The molecule has 0 radical (unpaired) electrons. The zero-order valence-electron chi connectivity index (χ0n) is 13.1. The summed E-state index contributed by atoms with van der Waals surface area (Å²) in [4.78, 5) is 12.0. The summed E-state index contributed by atoms with van der Waals surface area (Å²) in [6.45, 7) is 1.88. The van der Waals surface area contributed by atoms with E-state index in [9.17, 15) is 18.0 Å². The third-order valence-electron chi connectivity index (χ3n) is 3.40. The Morgan fingerprint density at radius 3 is 2.68 bits per heavy atom. The lowest BCUT2D eigenvalue weighted by Gasteiger charge is -2.07. The van der Waals surface area contributed by atoms with Gasteiger partial charge in [-0.1, -0.05) is 17.3 Å². The van der Waals surface area contributed by atoms with Crippen LogP contribution < -0.4 is 5.32 Å². The fraction of sp³-hybridized carbons (Fsp3) is 0.176. The number of halogens is 3. The molecule has 0 fully saturated rings. The van der Waals surface area contributed by atoms with Gasteiger partial charge in [0, 0.05) is 11.6 Å². The van der Waals surface area contributed by atoms with Crippen LogP contribution in [0.15, 0.2) is 51.4 Å². The monoisotopic (exact) mass is 350 g/mol. The molecule has 25 heavy (non-hydrogen) atoms.